The number of aliphatic hydroxyl groups is 1. The van der Waals surface area contributed by atoms with Gasteiger partial charge in [-0.3, -0.25) is 0 Å². The van der Waals surface area contributed by atoms with Crippen LogP contribution in [-0.2, 0) is 0 Å². The fourth-order valence-electron chi connectivity index (χ4n) is 0.718. The summed E-state index contributed by atoms with van der Waals surface area (Å²) in [4.78, 5) is 0. The van der Waals surface area contributed by atoms with E-state index in [0.717, 1.165) is 6.42 Å². The van der Waals surface area contributed by atoms with Crippen LogP contribution in [0.4, 0.5) is 8.78 Å². The number of halogens is 2. The lowest BCUT2D eigenvalue weighted by Crippen LogP contribution is -2.36. The molecule has 2 nitrogen and oxygen atoms in total. The summed E-state index contributed by atoms with van der Waals surface area (Å²) in [6.07, 6.45) is 0.876. The average molecular weight is 181 g/mol. The molecule has 0 aliphatic heterocycles. The Hall–Kier alpha value is -0.220. The van der Waals surface area contributed by atoms with Gasteiger partial charge in [0.2, 0.25) is 0 Å². The summed E-state index contributed by atoms with van der Waals surface area (Å²) < 4.78 is 24.7. The highest BCUT2D eigenvalue weighted by atomic mass is 19.3. The first-order valence-electron chi connectivity index (χ1n) is 4.17. The lowest BCUT2D eigenvalue weighted by molar-refractivity contribution is -0.0475. The summed E-state index contributed by atoms with van der Waals surface area (Å²) in [7, 11) is 0. The molecule has 0 saturated heterocycles. The SMILES string of the molecule is CC(C)CCNCC(F)(F)CO. The predicted octanol–water partition coefficient (Wildman–Crippen LogP) is 1.25. The molecule has 12 heavy (non-hydrogen) atoms. The first-order valence-corrected chi connectivity index (χ1v) is 4.17. The van der Waals surface area contributed by atoms with Crippen molar-refractivity contribution in [1.29, 1.82) is 0 Å². The van der Waals surface area contributed by atoms with Crippen LogP contribution in [-0.4, -0.2) is 30.7 Å². The van der Waals surface area contributed by atoms with Crippen molar-refractivity contribution in [2.24, 2.45) is 5.92 Å². The molecular formula is C8H17F2NO. The van der Waals surface area contributed by atoms with E-state index < -0.39 is 19.1 Å². The molecule has 0 fully saturated rings. The van der Waals surface area contributed by atoms with Crippen molar-refractivity contribution in [3.63, 3.8) is 0 Å². The Balaban J connectivity index is 3.31. The van der Waals surface area contributed by atoms with Crippen LogP contribution in [0.2, 0.25) is 0 Å². The van der Waals surface area contributed by atoms with Crippen molar-refractivity contribution in [3.8, 4) is 0 Å². The number of aliphatic hydroxyl groups excluding tert-OH is 1. The first-order chi connectivity index (χ1) is 5.48. The van der Waals surface area contributed by atoms with Crippen molar-refractivity contribution in [2.45, 2.75) is 26.2 Å². The molecule has 0 aliphatic rings. The molecule has 0 rings (SSSR count). The average Bonchev–Trinajstić information content (AvgIpc) is 1.98. The highest BCUT2D eigenvalue weighted by Gasteiger charge is 2.26. The van der Waals surface area contributed by atoms with Crippen LogP contribution in [0.25, 0.3) is 0 Å². The Morgan fingerprint density at radius 3 is 2.42 bits per heavy atom. The van der Waals surface area contributed by atoms with E-state index in [0.29, 0.717) is 12.5 Å². The van der Waals surface area contributed by atoms with Gasteiger partial charge in [-0.05, 0) is 18.9 Å². The summed E-state index contributed by atoms with van der Waals surface area (Å²) >= 11 is 0. The normalized spacial score (nSPS) is 12.5. The van der Waals surface area contributed by atoms with Gasteiger partial charge in [0.05, 0.1) is 6.54 Å². The van der Waals surface area contributed by atoms with Crippen LogP contribution in [0.5, 0.6) is 0 Å². The summed E-state index contributed by atoms with van der Waals surface area (Å²) in [5.74, 6) is -2.46. The van der Waals surface area contributed by atoms with Crippen molar-refractivity contribution >= 4 is 0 Å². The zero-order valence-electron chi connectivity index (χ0n) is 7.61. The Morgan fingerprint density at radius 1 is 1.42 bits per heavy atom. The molecule has 0 bridgehead atoms. The van der Waals surface area contributed by atoms with Gasteiger partial charge in [-0.25, -0.2) is 8.78 Å². The predicted molar refractivity (Wildman–Crippen MR) is 44.4 cm³/mol. The number of hydrogen-bond acceptors (Lipinski definition) is 2. The maximum atomic E-state index is 12.4. The van der Waals surface area contributed by atoms with Crippen LogP contribution in [0.15, 0.2) is 0 Å². The largest absolute Gasteiger partial charge is 0.390 e. The summed E-state index contributed by atoms with van der Waals surface area (Å²) in [5, 5.41) is 10.8. The minimum absolute atomic E-state index is 0.434. The van der Waals surface area contributed by atoms with Gasteiger partial charge in [0.25, 0.3) is 5.92 Å². The van der Waals surface area contributed by atoms with E-state index >= 15 is 0 Å². The maximum absolute atomic E-state index is 12.4. The molecule has 4 heteroatoms. The molecule has 0 aromatic heterocycles. The molecule has 0 aromatic carbocycles. The maximum Gasteiger partial charge on any atom is 0.282 e. The van der Waals surface area contributed by atoms with E-state index in [1.54, 1.807) is 0 Å². The molecular weight excluding hydrogens is 164 g/mol. The van der Waals surface area contributed by atoms with Gasteiger partial charge in [0, 0.05) is 0 Å². The topological polar surface area (TPSA) is 32.3 Å². The van der Waals surface area contributed by atoms with Gasteiger partial charge in [-0.2, -0.15) is 0 Å². The number of rotatable bonds is 6. The van der Waals surface area contributed by atoms with Gasteiger partial charge in [0.1, 0.15) is 6.61 Å². The Kier molecular flexibility index (Phi) is 5.33. The second-order valence-corrected chi connectivity index (χ2v) is 3.37. The minimum Gasteiger partial charge on any atom is -0.390 e. The van der Waals surface area contributed by atoms with Crippen LogP contribution in [0.1, 0.15) is 20.3 Å². The Morgan fingerprint density at radius 2 is 2.00 bits per heavy atom. The zero-order chi connectivity index (χ0) is 9.61. The minimum atomic E-state index is -2.98. The number of alkyl halides is 2. The van der Waals surface area contributed by atoms with Gasteiger partial charge < -0.3 is 10.4 Å². The standard InChI is InChI=1S/C8H17F2NO/c1-7(2)3-4-11-5-8(9,10)6-12/h7,11-12H,3-6H2,1-2H3. The van der Waals surface area contributed by atoms with E-state index in [1.807, 2.05) is 13.8 Å². The zero-order valence-corrected chi connectivity index (χ0v) is 7.61. The van der Waals surface area contributed by atoms with Crippen molar-refractivity contribution < 1.29 is 13.9 Å². The number of hydrogen-bond donors (Lipinski definition) is 2. The quantitative estimate of drug-likeness (QED) is 0.604. The van der Waals surface area contributed by atoms with Crippen molar-refractivity contribution in [1.82, 2.24) is 5.32 Å². The molecule has 0 aliphatic carbocycles. The van der Waals surface area contributed by atoms with E-state index in [4.69, 9.17) is 5.11 Å². The monoisotopic (exact) mass is 181 g/mol. The molecule has 0 unspecified atom stereocenters. The smallest absolute Gasteiger partial charge is 0.282 e. The van der Waals surface area contributed by atoms with Gasteiger partial charge in [-0.15, -0.1) is 0 Å². The third-order valence-electron chi connectivity index (χ3n) is 1.51. The Labute approximate surface area is 72.0 Å². The molecule has 0 radical (unpaired) electrons. The molecule has 0 spiro atoms. The fraction of sp³-hybridized carbons (Fsp3) is 1.00. The van der Waals surface area contributed by atoms with E-state index in [-0.39, 0.29) is 0 Å². The van der Waals surface area contributed by atoms with Gasteiger partial charge in [0.15, 0.2) is 0 Å². The second kappa shape index (κ2) is 5.43. The fourth-order valence-corrected chi connectivity index (χ4v) is 0.718. The van der Waals surface area contributed by atoms with Crippen molar-refractivity contribution in [2.75, 3.05) is 19.7 Å². The lowest BCUT2D eigenvalue weighted by atomic mass is 10.1. The third-order valence-corrected chi connectivity index (χ3v) is 1.51. The third kappa shape index (κ3) is 6.49. The molecule has 0 saturated carbocycles. The highest BCUT2D eigenvalue weighted by Crippen LogP contribution is 2.09. The molecule has 0 aromatic rings. The van der Waals surface area contributed by atoms with Crippen LogP contribution in [0.3, 0.4) is 0 Å². The van der Waals surface area contributed by atoms with Crippen LogP contribution < -0.4 is 5.32 Å². The molecule has 0 heterocycles. The van der Waals surface area contributed by atoms with Crippen LogP contribution >= 0.6 is 0 Å². The second-order valence-electron chi connectivity index (χ2n) is 3.37. The van der Waals surface area contributed by atoms with Gasteiger partial charge >= 0.3 is 0 Å². The van der Waals surface area contributed by atoms with E-state index in [2.05, 4.69) is 5.32 Å². The van der Waals surface area contributed by atoms with E-state index in [9.17, 15) is 8.78 Å². The lowest BCUT2D eigenvalue weighted by Gasteiger charge is -2.14. The van der Waals surface area contributed by atoms with Gasteiger partial charge in [-0.1, -0.05) is 13.8 Å². The molecule has 0 atom stereocenters. The van der Waals surface area contributed by atoms with E-state index in [1.165, 1.54) is 0 Å². The molecule has 0 amide bonds. The van der Waals surface area contributed by atoms with Crippen molar-refractivity contribution in [3.05, 3.63) is 0 Å². The summed E-state index contributed by atoms with van der Waals surface area (Å²) in [6, 6.07) is 0. The summed E-state index contributed by atoms with van der Waals surface area (Å²) in [6.45, 7) is 3.13. The van der Waals surface area contributed by atoms with Crippen LogP contribution in [0, 0.1) is 5.92 Å². The molecule has 2 N–H and O–H groups in total. The Bertz CT molecular complexity index is 118. The molecule has 74 valence electrons. The first kappa shape index (κ1) is 11.8. The summed E-state index contributed by atoms with van der Waals surface area (Å²) in [5.41, 5.74) is 0. The number of nitrogens with one attached hydrogen (secondary N) is 1. The highest BCUT2D eigenvalue weighted by molar-refractivity contribution is 4.67.